The standard InChI is InChI=1S/C13H19BrN2O3/c1-9(5-6-17)8-15-13(18)16-10-3-4-11(14)12(7-10)19-2/h3-4,7,9,17H,5-6,8H2,1-2H3,(H2,15,16,18). The first-order chi connectivity index (χ1) is 9.06. The van der Waals surface area contributed by atoms with Gasteiger partial charge in [0.25, 0.3) is 0 Å². The number of benzene rings is 1. The topological polar surface area (TPSA) is 70.6 Å². The minimum atomic E-state index is -0.269. The Kier molecular flexibility index (Phi) is 6.66. The zero-order chi connectivity index (χ0) is 14.3. The van der Waals surface area contributed by atoms with Gasteiger partial charge in [-0.2, -0.15) is 0 Å². The number of ether oxygens (including phenoxy) is 1. The van der Waals surface area contributed by atoms with Crippen LogP contribution >= 0.6 is 15.9 Å². The number of anilines is 1. The maximum Gasteiger partial charge on any atom is 0.319 e. The first-order valence-electron chi connectivity index (χ1n) is 6.06. The zero-order valence-electron chi connectivity index (χ0n) is 11.1. The Labute approximate surface area is 121 Å². The second-order valence-electron chi connectivity index (χ2n) is 4.30. The van der Waals surface area contributed by atoms with Crippen LogP contribution in [0.2, 0.25) is 0 Å². The molecule has 0 saturated carbocycles. The molecule has 0 radical (unpaired) electrons. The summed E-state index contributed by atoms with van der Waals surface area (Å²) in [6, 6.07) is 5.06. The molecule has 3 N–H and O–H groups in total. The van der Waals surface area contributed by atoms with E-state index in [2.05, 4.69) is 26.6 Å². The molecule has 0 aliphatic rings. The molecule has 106 valence electrons. The molecule has 5 nitrogen and oxygen atoms in total. The van der Waals surface area contributed by atoms with Crippen molar-refractivity contribution in [1.29, 1.82) is 0 Å². The van der Waals surface area contributed by atoms with Crippen LogP contribution in [0.4, 0.5) is 10.5 Å². The third kappa shape index (κ3) is 5.48. The van der Waals surface area contributed by atoms with E-state index in [1.807, 2.05) is 13.0 Å². The first-order valence-corrected chi connectivity index (χ1v) is 6.85. The first kappa shape index (κ1) is 15.8. The molecule has 0 spiro atoms. The lowest BCUT2D eigenvalue weighted by atomic mass is 10.1. The number of aliphatic hydroxyl groups excluding tert-OH is 1. The minimum Gasteiger partial charge on any atom is -0.495 e. The summed E-state index contributed by atoms with van der Waals surface area (Å²) < 4.78 is 5.98. The quantitative estimate of drug-likeness (QED) is 0.750. The van der Waals surface area contributed by atoms with Crippen molar-refractivity contribution in [3.63, 3.8) is 0 Å². The van der Waals surface area contributed by atoms with Gasteiger partial charge in [-0.1, -0.05) is 6.92 Å². The van der Waals surface area contributed by atoms with E-state index >= 15 is 0 Å². The predicted molar refractivity (Wildman–Crippen MR) is 78.6 cm³/mol. The largest absolute Gasteiger partial charge is 0.495 e. The lowest BCUT2D eigenvalue weighted by molar-refractivity contribution is 0.243. The molecular weight excluding hydrogens is 312 g/mol. The smallest absolute Gasteiger partial charge is 0.319 e. The van der Waals surface area contributed by atoms with Crippen molar-refractivity contribution in [2.75, 3.05) is 25.6 Å². The number of rotatable bonds is 6. The number of amides is 2. The monoisotopic (exact) mass is 330 g/mol. The van der Waals surface area contributed by atoms with E-state index in [0.717, 1.165) is 4.47 Å². The van der Waals surface area contributed by atoms with E-state index < -0.39 is 0 Å². The molecule has 0 aliphatic carbocycles. The van der Waals surface area contributed by atoms with Crippen molar-refractivity contribution in [1.82, 2.24) is 5.32 Å². The SMILES string of the molecule is COc1cc(NC(=O)NCC(C)CCO)ccc1Br. The Morgan fingerprint density at radius 3 is 2.89 bits per heavy atom. The van der Waals surface area contributed by atoms with Gasteiger partial charge in [-0.15, -0.1) is 0 Å². The van der Waals surface area contributed by atoms with Crippen LogP contribution in [-0.2, 0) is 0 Å². The van der Waals surface area contributed by atoms with Crippen LogP contribution in [-0.4, -0.2) is 31.4 Å². The van der Waals surface area contributed by atoms with E-state index in [0.29, 0.717) is 24.4 Å². The Morgan fingerprint density at radius 2 is 2.26 bits per heavy atom. The van der Waals surface area contributed by atoms with Gasteiger partial charge in [0.1, 0.15) is 5.75 Å². The van der Waals surface area contributed by atoms with Gasteiger partial charge in [0.05, 0.1) is 11.6 Å². The third-order valence-electron chi connectivity index (χ3n) is 2.64. The van der Waals surface area contributed by atoms with E-state index in [1.54, 1.807) is 19.2 Å². The van der Waals surface area contributed by atoms with Gasteiger partial charge in [0, 0.05) is 24.9 Å². The number of urea groups is 1. The van der Waals surface area contributed by atoms with Crippen molar-refractivity contribution in [2.45, 2.75) is 13.3 Å². The molecule has 0 saturated heterocycles. The molecule has 1 aromatic carbocycles. The summed E-state index contributed by atoms with van der Waals surface area (Å²) in [7, 11) is 1.57. The van der Waals surface area contributed by atoms with Gasteiger partial charge in [-0.05, 0) is 40.4 Å². The Balaban J connectivity index is 2.48. The molecule has 2 amide bonds. The van der Waals surface area contributed by atoms with Gasteiger partial charge in [0.2, 0.25) is 0 Å². The van der Waals surface area contributed by atoms with Crippen molar-refractivity contribution in [3.05, 3.63) is 22.7 Å². The lowest BCUT2D eigenvalue weighted by Gasteiger charge is -2.12. The summed E-state index contributed by atoms with van der Waals surface area (Å²) in [5, 5.41) is 14.3. The molecule has 6 heteroatoms. The molecule has 0 aromatic heterocycles. The molecule has 1 unspecified atom stereocenters. The summed E-state index contributed by atoms with van der Waals surface area (Å²) in [6.45, 7) is 2.63. The Hall–Kier alpha value is -1.27. The van der Waals surface area contributed by atoms with E-state index in [1.165, 1.54) is 0 Å². The molecule has 0 aliphatic heterocycles. The summed E-state index contributed by atoms with van der Waals surface area (Å²) in [6.07, 6.45) is 0.673. The molecule has 0 heterocycles. The van der Waals surface area contributed by atoms with Crippen LogP contribution in [0.5, 0.6) is 5.75 Å². The highest BCUT2D eigenvalue weighted by Crippen LogP contribution is 2.27. The number of aliphatic hydroxyl groups is 1. The van der Waals surface area contributed by atoms with Crippen LogP contribution < -0.4 is 15.4 Å². The summed E-state index contributed by atoms with van der Waals surface area (Å²) >= 11 is 3.35. The fraction of sp³-hybridized carbons (Fsp3) is 0.462. The summed E-state index contributed by atoms with van der Waals surface area (Å²) in [5.74, 6) is 0.904. The second-order valence-corrected chi connectivity index (χ2v) is 5.16. The average molecular weight is 331 g/mol. The highest BCUT2D eigenvalue weighted by molar-refractivity contribution is 9.10. The van der Waals surface area contributed by atoms with E-state index in [4.69, 9.17) is 9.84 Å². The third-order valence-corrected chi connectivity index (χ3v) is 3.30. The van der Waals surface area contributed by atoms with Gasteiger partial charge in [0.15, 0.2) is 0 Å². The van der Waals surface area contributed by atoms with Crippen LogP contribution in [0, 0.1) is 5.92 Å². The molecular formula is C13H19BrN2O3. The normalized spacial score (nSPS) is 11.8. The van der Waals surface area contributed by atoms with Crippen LogP contribution in [0.15, 0.2) is 22.7 Å². The Morgan fingerprint density at radius 1 is 1.53 bits per heavy atom. The van der Waals surface area contributed by atoms with E-state index in [-0.39, 0.29) is 18.6 Å². The number of methoxy groups -OCH3 is 1. The minimum absolute atomic E-state index is 0.133. The van der Waals surface area contributed by atoms with Gasteiger partial charge in [-0.25, -0.2) is 4.79 Å². The van der Waals surface area contributed by atoms with Crippen LogP contribution in [0.3, 0.4) is 0 Å². The maximum atomic E-state index is 11.7. The number of nitrogens with one attached hydrogen (secondary N) is 2. The number of halogens is 1. The number of hydrogen-bond donors (Lipinski definition) is 3. The highest BCUT2D eigenvalue weighted by atomic mass is 79.9. The molecule has 0 bridgehead atoms. The van der Waals surface area contributed by atoms with Crippen molar-refractivity contribution < 1.29 is 14.6 Å². The number of carbonyl (C=O) groups excluding carboxylic acids is 1. The van der Waals surface area contributed by atoms with E-state index in [9.17, 15) is 4.79 Å². The van der Waals surface area contributed by atoms with Crippen LogP contribution in [0.25, 0.3) is 0 Å². The number of carbonyl (C=O) groups is 1. The molecule has 1 rings (SSSR count). The molecule has 1 atom stereocenters. The van der Waals surface area contributed by atoms with Crippen molar-refractivity contribution >= 4 is 27.6 Å². The summed E-state index contributed by atoms with van der Waals surface area (Å²) in [5.41, 5.74) is 0.660. The lowest BCUT2D eigenvalue weighted by Crippen LogP contribution is -2.32. The van der Waals surface area contributed by atoms with Crippen LogP contribution in [0.1, 0.15) is 13.3 Å². The average Bonchev–Trinajstić information content (AvgIpc) is 2.39. The highest BCUT2D eigenvalue weighted by Gasteiger charge is 2.07. The van der Waals surface area contributed by atoms with Gasteiger partial charge >= 0.3 is 6.03 Å². The van der Waals surface area contributed by atoms with Gasteiger partial charge in [-0.3, -0.25) is 0 Å². The second kappa shape index (κ2) is 8.01. The predicted octanol–water partition coefficient (Wildman–Crippen LogP) is 2.60. The van der Waals surface area contributed by atoms with Crippen molar-refractivity contribution in [2.24, 2.45) is 5.92 Å². The number of hydrogen-bond acceptors (Lipinski definition) is 3. The molecule has 19 heavy (non-hydrogen) atoms. The Bertz CT molecular complexity index is 426. The molecule has 0 fully saturated rings. The zero-order valence-corrected chi connectivity index (χ0v) is 12.7. The van der Waals surface area contributed by atoms with Gasteiger partial charge < -0.3 is 20.5 Å². The fourth-order valence-electron chi connectivity index (χ4n) is 1.50. The van der Waals surface area contributed by atoms with Crippen molar-refractivity contribution in [3.8, 4) is 5.75 Å². The summed E-state index contributed by atoms with van der Waals surface area (Å²) in [4.78, 5) is 11.7. The maximum absolute atomic E-state index is 11.7. The molecule has 1 aromatic rings. The fourth-order valence-corrected chi connectivity index (χ4v) is 1.91.